The minimum absolute atomic E-state index is 0.0669. The lowest BCUT2D eigenvalue weighted by Gasteiger charge is -2.16. The van der Waals surface area contributed by atoms with Gasteiger partial charge in [0.15, 0.2) is 46.3 Å². The average molecular weight is 584 g/mol. The number of carbonyl (C=O) groups excluding carboxylic acids is 1. The fraction of sp³-hybridized carbons (Fsp3) is 0.296. The Morgan fingerprint density at radius 2 is 0.976 bits per heavy atom. The van der Waals surface area contributed by atoms with E-state index in [0.717, 1.165) is 0 Å². The lowest BCUT2D eigenvalue weighted by atomic mass is 10.2. The van der Waals surface area contributed by atoms with Crippen molar-refractivity contribution >= 4 is 17.4 Å². The van der Waals surface area contributed by atoms with Crippen molar-refractivity contribution in [1.82, 2.24) is 0 Å². The molecule has 2 N–H and O–H groups in total. The molecule has 0 saturated carbocycles. The van der Waals surface area contributed by atoms with E-state index in [-0.39, 0.29) is 70.0 Å². The van der Waals surface area contributed by atoms with Crippen LogP contribution < -0.4 is 29.6 Å². The first-order valence-electron chi connectivity index (χ1n) is 12.3. The lowest BCUT2D eigenvalue weighted by Crippen LogP contribution is -2.22. The molecule has 1 heterocycles. The number of nitrogens with one attached hydrogen (secondary N) is 2. The highest BCUT2D eigenvalue weighted by atomic mass is 19.2. The van der Waals surface area contributed by atoms with Crippen molar-refractivity contribution in [2.45, 2.75) is 0 Å². The smallest absolute Gasteiger partial charge is 0.323 e. The average Bonchev–Trinajstić information content (AvgIpc) is 2.97. The lowest BCUT2D eigenvalue weighted by molar-refractivity contribution is 0.0640. The van der Waals surface area contributed by atoms with E-state index in [1.165, 1.54) is 18.2 Å². The van der Waals surface area contributed by atoms with Gasteiger partial charge in [-0.1, -0.05) is 12.1 Å². The highest BCUT2D eigenvalue weighted by molar-refractivity contribution is 6.00. The minimum Gasteiger partial charge on any atom is -0.487 e. The summed E-state index contributed by atoms with van der Waals surface area (Å²) in [6.07, 6.45) is 0. The van der Waals surface area contributed by atoms with Crippen LogP contribution in [0.5, 0.6) is 23.0 Å². The molecule has 3 aromatic carbocycles. The number of para-hydroxylation sites is 2. The molecule has 0 saturated heterocycles. The van der Waals surface area contributed by atoms with Gasteiger partial charge in [0.1, 0.15) is 32.1 Å². The van der Waals surface area contributed by atoms with Gasteiger partial charge in [0.05, 0.1) is 26.4 Å². The first kappa shape index (κ1) is 29.7. The van der Waals surface area contributed by atoms with E-state index in [4.69, 9.17) is 28.4 Å². The fourth-order valence-corrected chi connectivity index (χ4v) is 3.54. The van der Waals surface area contributed by atoms with E-state index >= 15 is 0 Å². The van der Waals surface area contributed by atoms with Gasteiger partial charge in [0.2, 0.25) is 5.82 Å². The van der Waals surface area contributed by atoms with Crippen molar-refractivity contribution in [2.75, 3.05) is 63.5 Å². The number of halogens is 5. The number of hydrogen-bond acceptors (Lipinski definition) is 7. The summed E-state index contributed by atoms with van der Waals surface area (Å²) in [5.41, 5.74) is -1.43. The van der Waals surface area contributed by atoms with Gasteiger partial charge in [-0.2, -0.15) is 0 Å². The predicted molar refractivity (Wildman–Crippen MR) is 135 cm³/mol. The van der Waals surface area contributed by atoms with Crippen molar-refractivity contribution in [2.24, 2.45) is 0 Å². The van der Waals surface area contributed by atoms with E-state index in [1.54, 1.807) is 17.4 Å². The van der Waals surface area contributed by atoms with Gasteiger partial charge in [-0.05, 0) is 24.3 Å². The zero-order valence-electron chi connectivity index (χ0n) is 21.4. The van der Waals surface area contributed by atoms with Crippen LogP contribution in [-0.4, -0.2) is 58.9 Å². The summed E-state index contributed by atoms with van der Waals surface area (Å²) in [6, 6.07) is 10.1. The van der Waals surface area contributed by atoms with Gasteiger partial charge in [-0.3, -0.25) is 0 Å². The second-order valence-electron chi connectivity index (χ2n) is 8.25. The predicted octanol–water partition coefficient (Wildman–Crippen LogP) is 5.29. The molecule has 0 radical (unpaired) electrons. The SMILES string of the molecule is O=C(Nc1ccc2c(c1)OCCOCCOc1ccccc1OCCOCCO2)Nc1c(F)c(F)c(F)c(F)c1F. The molecule has 0 aromatic heterocycles. The summed E-state index contributed by atoms with van der Waals surface area (Å²) in [6.45, 7) is 1.67. The monoisotopic (exact) mass is 584 g/mol. The van der Waals surface area contributed by atoms with Gasteiger partial charge in [0, 0.05) is 11.8 Å². The van der Waals surface area contributed by atoms with Crippen LogP contribution in [0.2, 0.25) is 0 Å². The second-order valence-corrected chi connectivity index (χ2v) is 8.25. The number of fused-ring (bicyclic) bond motifs is 2. The van der Waals surface area contributed by atoms with E-state index < -0.39 is 40.8 Å². The summed E-state index contributed by atoms with van der Waals surface area (Å²) < 4.78 is 102. The summed E-state index contributed by atoms with van der Waals surface area (Å²) in [5, 5.41) is 3.88. The molecule has 0 spiro atoms. The maximum absolute atomic E-state index is 13.9. The molecule has 0 fully saturated rings. The third kappa shape index (κ3) is 7.89. The van der Waals surface area contributed by atoms with E-state index in [1.807, 2.05) is 12.1 Å². The summed E-state index contributed by atoms with van der Waals surface area (Å²) in [5.74, 6) is -9.48. The van der Waals surface area contributed by atoms with Gasteiger partial charge < -0.3 is 39.1 Å². The van der Waals surface area contributed by atoms with Crippen molar-refractivity contribution in [1.29, 1.82) is 0 Å². The molecular weight excluding hydrogens is 559 g/mol. The molecule has 0 unspecified atom stereocenters. The number of rotatable bonds is 2. The zero-order chi connectivity index (χ0) is 29.2. The van der Waals surface area contributed by atoms with Crippen LogP contribution in [0, 0.1) is 29.1 Å². The quantitative estimate of drug-likeness (QED) is 0.240. The Balaban J connectivity index is 1.40. The highest BCUT2D eigenvalue weighted by Gasteiger charge is 2.27. The first-order chi connectivity index (χ1) is 19.8. The third-order valence-corrected chi connectivity index (χ3v) is 5.44. The zero-order valence-corrected chi connectivity index (χ0v) is 21.4. The standard InChI is InChI=1S/C27H25F5N2O7/c28-21-22(29)24(31)26(25(32)23(21)30)34-27(35)33-16-5-6-19-20(15-16)41-14-10-37-8-12-39-18-4-2-1-3-17(18)38-11-7-36-9-13-40-19/h1-6,15H,7-14H2,(H2,33,34,35). The molecule has 2 amide bonds. The van der Waals surface area contributed by atoms with E-state index in [0.29, 0.717) is 11.5 Å². The maximum Gasteiger partial charge on any atom is 0.323 e. The number of carbonyl (C=O) groups is 1. The Hall–Kier alpha value is -4.30. The van der Waals surface area contributed by atoms with Crippen molar-refractivity contribution in [3.05, 3.63) is 71.6 Å². The Bertz CT molecular complexity index is 1330. The number of ether oxygens (including phenoxy) is 6. The highest BCUT2D eigenvalue weighted by Crippen LogP contribution is 2.32. The molecule has 0 aliphatic carbocycles. The number of benzene rings is 3. The molecule has 4 rings (SSSR count). The van der Waals surface area contributed by atoms with Crippen molar-refractivity contribution in [3.8, 4) is 23.0 Å². The molecule has 3 aromatic rings. The van der Waals surface area contributed by atoms with Crippen LogP contribution in [0.4, 0.5) is 38.1 Å². The van der Waals surface area contributed by atoms with Crippen molar-refractivity contribution < 1.29 is 55.2 Å². The number of anilines is 2. The Labute approximate surface area is 231 Å². The fourth-order valence-electron chi connectivity index (χ4n) is 3.54. The van der Waals surface area contributed by atoms with Crippen LogP contribution >= 0.6 is 0 Å². The topological polar surface area (TPSA) is 96.5 Å². The molecule has 0 atom stereocenters. The molecule has 220 valence electrons. The van der Waals surface area contributed by atoms with E-state index in [2.05, 4.69) is 5.32 Å². The third-order valence-electron chi connectivity index (χ3n) is 5.44. The maximum atomic E-state index is 13.9. The molecule has 1 aliphatic heterocycles. The number of hydrogen-bond donors (Lipinski definition) is 2. The van der Waals surface area contributed by atoms with Gasteiger partial charge in [-0.25, -0.2) is 26.7 Å². The molecule has 14 heteroatoms. The summed E-state index contributed by atoms with van der Waals surface area (Å²) >= 11 is 0. The Kier molecular flexibility index (Phi) is 10.4. The van der Waals surface area contributed by atoms with Crippen molar-refractivity contribution in [3.63, 3.8) is 0 Å². The number of amides is 2. The van der Waals surface area contributed by atoms with Crippen LogP contribution in [0.1, 0.15) is 0 Å². The Morgan fingerprint density at radius 3 is 1.49 bits per heavy atom. The van der Waals surface area contributed by atoms with Crippen LogP contribution in [-0.2, 0) is 9.47 Å². The van der Waals surface area contributed by atoms with Crippen LogP contribution in [0.15, 0.2) is 42.5 Å². The molecule has 0 bridgehead atoms. The van der Waals surface area contributed by atoms with E-state index in [9.17, 15) is 26.7 Å². The molecule has 1 aliphatic rings. The van der Waals surface area contributed by atoms with Crippen LogP contribution in [0.25, 0.3) is 0 Å². The van der Waals surface area contributed by atoms with Crippen LogP contribution in [0.3, 0.4) is 0 Å². The molecular formula is C27H25F5N2O7. The normalized spacial score (nSPS) is 14.9. The Morgan fingerprint density at radius 1 is 0.537 bits per heavy atom. The minimum atomic E-state index is -2.34. The van der Waals surface area contributed by atoms with Gasteiger partial charge in [-0.15, -0.1) is 0 Å². The largest absolute Gasteiger partial charge is 0.487 e. The second kappa shape index (κ2) is 14.4. The van der Waals surface area contributed by atoms with Gasteiger partial charge >= 0.3 is 6.03 Å². The molecule has 41 heavy (non-hydrogen) atoms. The summed E-state index contributed by atoms with van der Waals surface area (Å²) in [7, 11) is 0. The first-order valence-corrected chi connectivity index (χ1v) is 12.3. The summed E-state index contributed by atoms with van der Waals surface area (Å²) in [4.78, 5) is 12.3. The van der Waals surface area contributed by atoms with Gasteiger partial charge in [0.25, 0.3) is 0 Å². The number of urea groups is 1. The molecule has 9 nitrogen and oxygen atoms in total.